The van der Waals surface area contributed by atoms with Crippen molar-refractivity contribution >= 4 is 11.9 Å². The van der Waals surface area contributed by atoms with Crippen molar-refractivity contribution in [3.8, 4) is 11.5 Å². The van der Waals surface area contributed by atoms with Crippen molar-refractivity contribution < 1.29 is 23.8 Å². The number of rotatable bonds is 9. The predicted octanol–water partition coefficient (Wildman–Crippen LogP) is 5.07. The number of amides is 1. The number of carbonyl (C=O) groups is 2. The van der Waals surface area contributed by atoms with Crippen molar-refractivity contribution in [1.82, 2.24) is 10.3 Å². The maximum atomic E-state index is 12.7. The molecule has 3 rings (SSSR count). The summed E-state index contributed by atoms with van der Waals surface area (Å²) in [7, 11) is 0. The molecule has 7 heteroatoms. The molecule has 1 amide bonds. The Kier molecular flexibility index (Phi) is 8.30. The molecule has 1 heterocycles. The molecular formula is C26H36N2O5. The minimum absolute atomic E-state index is 0.0728. The first-order valence-electron chi connectivity index (χ1n) is 11.9. The molecule has 2 aromatic rings. The molecule has 33 heavy (non-hydrogen) atoms. The fourth-order valence-electron chi connectivity index (χ4n) is 4.25. The zero-order chi connectivity index (χ0) is 24.1. The molecule has 0 bridgehead atoms. The molecule has 1 aromatic carbocycles. The molecule has 1 fully saturated rings. The van der Waals surface area contributed by atoms with E-state index in [1.165, 1.54) is 5.56 Å². The van der Waals surface area contributed by atoms with Crippen LogP contribution >= 0.6 is 0 Å². The average Bonchev–Trinajstić information content (AvgIpc) is 3.20. The van der Waals surface area contributed by atoms with Crippen LogP contribution in [0.15, 0.2) is 28.7 Å². The smallest absolute Gasteiger partial charge is 0.326 e. The van der Waals surface area contributed by atoms with Crippen LogP contribution in [0, 0.1) is 18.8 Å². The van der Waals surface area contributed by atoms with Gasteiger partial charge in [0.1, 0.15) is 17.5 Å². The Balaban J connectivity index is 1.64. The van der Waals surface area contributed by atoms with Crippen LogP contribution in [-0.2, 0) is 20.9 Å². The zero-order valence-corrected chi connectivity index (χ0v) is 20.3. The summed E-state index contributed by atoms with van der Waals surface area (Å²) < 4.78 is 12.3. The van der Waals surface area contributed by atoms with Gasteiger partial charge in [-0.1, -0.05) is 51.8 Å². The van der Waals surface area contributed by atoms with Gasteiger partial charge in [0.05, 0.1) is 12.7 Å². The fourth-order valence-corrected chi connectivity index (χ4v) is 4.25. The van der Waals surface area contributed by atoms with E-state index in [1.807, 2.05) is 31.2 Å². The maximum absolute atomic E-state index is 12.7. The highest BCUT2D eigenvalue weighted by atomic mass is 16.5. The van der Waals surface area contributed by atoms with Gasteiger partial charge in [0.15, 0.2) is 0 Å². The van der Waals surface area contributed by atoms with E-state index in [9.17, 15) is 14.7 Å². The van der Waals surface area contributed by atoms with Gasteiger partial charge in [-0.3, -0.25) is 4.79 Å². The third kappa shape index (κ3) is 6.44. The lowest BCUT2D eigenvalue weighted by Gasteiger charge is -2.29. The molecule has 0 radical (unpaired) electrons. The van der Waals surface area contributed by atoms with Crippen molar-refractivity contribution in [2.45, 2.75) is 85.0 Å². The highest BCUT2D eigenvalue weighted by Crippen LogP contribution is 2.31. The summed E-state index contributed by atoms with van der Waals surface area (Å²) in [6, 6.07) is 7.20. The Hall–Kier alpha value is -2.67. The van der Waals surface area contributed by atoms with Gasteiger partial charge in [0.25, 0.3) is 0 Å². The first-order chi connectivity index (χ1) is 15.7. The van der Waals surface area contributed by atoms with Gasteiger partial charge in [-0.25, -0.2) is 9.78 Å². The van der Waals surface area contributed by atoms with Gasteiger partial charge >= 0.3 is 5.97 Å². The Bertz CT molecular complexity index is 948. The van der Waals surface area contributed by atoms with Crippen molar-refractivity contribution in [1.29, 1.82) is 0 Å². The van der Waals surface area contributed by atoms with Crippen LogP contribution in [0.25, 0.3) is 11.5 Å². The number of oxazole rings is 1. The number of nitrogens with one attached hydrogen (secondary N) is 1. The number of hydrogen-bond acceptors (Lipinski definition) is 5. The van der Waals surface area contributed by atoms with E-state index < -0.39 is 12.0 Å². The molecule has 0 aliphatic heterocycles. The molecular weight excluding hydrogens is 420 g/mol. The van der Waals surface area contributed by atoms with Crippen molar-refractivity contribution in [3.63, 3.8) is 0 Å². The van der Waals surface area contributed by atoms with Gasteiger partial charge < -0.3 is 19.6 Å². The number of carboxylic acids is 1. The predicted molar refractivity (Wildman–Crippen MR) is 126 cm³/mol. The Morgan fingerprint density at radius 1 is 1.18 bits per heavy atom. The molecule has 7 nitrogen and oxygen atoms in total. The summed E-state index contributed by atoms with van der Waals surface area (Å²) in [5.74, 6) is -0.0394. The summed E-state index contributed by atoms with van der Waals surface area (Å²) in [4.78, 5) is 28.9. The highest BCUT2D eigenvalue weighted by Gasteiger charge is 2.32. The summed E-state index contributed by atoms with van der Waals surface area (Å²) in [6.45, 7) is 10.1. The highest BCUT2D eigenvalue weighted by molar-refractivity contribution is 5.85. The average molecular weight is 457 g/mol. The summed E-state index contributed by atoms with van der Waals surface area (Å²) in [6.07, 6.45) is 2.99. The lowest BCUT2D eigenvalue weighted by molar-refractivity contribution is -0.144. The van der Waals surface area contributed by atoms with Gasteiger partial charge in [-0.15, -0.1) is 0 Å². The van der Waals surface area contributed by atoms with Gasteiger partial charge in [0.2, 0.25) is 11.8 Å². The standard InChI is InChI=1S/C26H36N2O5/c1-15(2)22(26(30)31)28-24(29)19-7-6-8-20(13-19)32-14-21-23(16(3)4)33-25(27-21)18-11-9-17(5)10-12-18/h9-12,15-16,19-20,22H,6-8,13-14H2,1-5H3,(H,28,29)(H,30,31)/t19?,20?,22-/m1/s1. The van der Waals surface area contributed by atoms with Crippen LogP contribution in [0.1, 0.15) is 76.3 Å². The number of carboxylic acid groups (broad SMARTS) is 1. The summed E-state index contributed by atoms with van der Waals surface area (Å²) >= 11 is 0. The van der Waals surface area contributed by atoms with Crippen LogP contribution in [0.2, 0.25) is 0 Å². The second kappa shape index (κ2) is 11.0. The van der Waals surface area contributed by atoms with E-state index in [0.717, 1.165) is 36.3 Å². The third-order valence-electron chi connectivity index (χ3n) is 6.23. The minimum Gasteiger partial charge on any atom is -0.480 e. The SMILES string of the molecule is Cc1ccc(-c2nc(COC3CCCC(C(=O)N[C@@H](C(=O)O)C(C)C)C3)c(C(C)C)o2)cc1. The Morgan fingerprint density at radius 3 is 2.48 bits per heavy atom. The van der Waals surface area contributed by atoms with Crippen LogP contribution in [0.5, 0.6) is 0 Å². The third-order valence-corrected chi connectivity index (χ3v) is 6.23. The quantitative estimate of drug-likeness (QED) is 0.546. The van der Waals surface area contributed by atoms with Gasteiger partial charge in [-0.2, -0.15) is 0 Å². The monoisotopic (exact) mass is 456 g/mol. The van der Waals surface area contributed by atoms with Crippen molar-refractivity contribution in [2.24, 2.45) is 11.8 Å². The Labute approximate surface area is 195 Å². The van der Waals surface area contributed by atoms with E-state index in [0.29, 0.717) is 18.9 Å². The fraction of sp³-hybridized carbons (Fsp3) is 0.577. The number of ether oxygens (including phenoxy) is 1. The van der Waals surface area contributed by atoms with Gasteiger partial charge in [0, 0.05) is 17.4 Å². The number of aryl methyl sites for hydroxylation is 1. The number of benzene rings is 1. The van der Waals surface area contributed by atoms with E-state index in [2.05, 4.69) is 19.2 Å². The minimum atomic E-state index is -1.00. The molecule has 2 unspecified atom stereocenters. The van der Waals surface area contributed by atoms with Crippen molar-refractivity contribution in [3.05, 3.63) is 41.3 Å². The van der Waals surface area contributed by atoms with E-state index in [-0.39, 0.29) is 29.8 Å². The van der Waals surface area contributed by atoms with E-state index >= 15 is 0 Å². The van der Waals surface area contributed by atoms with Crippen molar-refractivity contribution in [2.75, 3.05) is 0 Å². The molecule has 0 spiro atoms. The van der Waals surface area contributed by atoms with Crippen LogP contribution in [-0.4, -0.2) is 34.1 Å². The van der Waals surface area contributed by atoms with Crippen LogP contribution in [0.3, 0.4) is 0 Å². The normalized spacial score (nSPS) is 19.6. The Morgan fingerprint density at radius 2 is 1.88 bits per heavy atom. The largest absolute Gasteiger partial charge is 0.480 e. The maximum Gasteiger partial charge on any atom is 0.326 e. The van der Waals surface area contributed by atoms with E-state index in [4.69, 9.17) is 14.1 Å². The molecule has 180 valence electrons. The number of carbonyl (C=O) groups excluding carboxylic acids is 1. The number of nitrogens with zero attached hydrogens (tertiary/aromatic N) is 1. The number of aliphatic carboxylic acids is 1. The molecule has 1 aliphatic rings. The summed E-state index contributed by atoms with van der Waals surface area (Å²) in [5.41, 5.74) is 2.90. The molecule has 1 aromatic heterocycles. The zero-order valence-electron chi connectivity index (χ0n) is 20.3. The topological polar surface area (TPSA) is 102 Å². The second-order valence-electron chi connectivity index (χ2n) is 9.72. The first kappa shape index (κ1) is 25.0. The molecule has 3 atom stereocenters. The summed E-state index contributed by atoms with van der Waals surface area (Å²) in [5, 5.41) is 12.1. The number of hydrogen-bond donors (Lipinski definition) is 2. The van der Waals surface area contributed by atoms with E-state index in [1.54, 1.807) is 13.8 Å². The second-order valence-corrected chi connectivity index (χ2v) is 9.72. The molecule has 2 N–H and O–H groups in total. The number of aromatic nitrogens is 1. The molecule has 0 saturated heterocycles. The lowest BCUT2D eigenvalue weighted by atomic mass is 9.86. The lowest BCUT2D eigenvalue weighted by Crippen LogP contribution is -2.47. The molecule has 1 aliphatic carbocycles. The first-order valence-corrected chi connectivity index (χ1v) is 11.9. The van der Waals surface area contributed by atoms with Crippen LogP contribution in [0.4, 0.5) is 0 Å². The molecule has 1 saturated carbocycles. The van der Waals surface area contributed by atoms with Gasteiger partial charge in [-0.05, 0) is 44.2 Å². The van der Waals surface area contributed by atoms with Crippen LogP contribution < -0.4 is 5.32 Å².